The van der Waals surface area contributed by atoms with Crippen molar-refractivity contribution in [2.45, 2.75) is 24.3 Å². The largest absolute Gasteiger partial charge is 0.497 e. The molecule has 0 aliphatic carbocycles. The molecule has 4 nitrogen and oxygen atoms in total. The fourth-order valence-corrected chi connectivity index (χ4v) is 2.72. The zero-order valence-electron chi connectivity index (χ0n) is 11.9. The predicted octanol–water partition coefficient (Wildman–Crippen LogP) is 2.64. The van der Waals surface area contributed by atoms with E-state index in [2.05, 4.69) is 4.98 Å². The average molecular weight is 290 g/mol. The van der Waals surface area contributed by atoms with Gasteiger partial charge in [0.1, 0.15) is 5.75 Å². The third kappa shape index (κ3) is 3.42. The Bertz CT molecular complexity index is 653. The van der Waals surface area contributed by atoms with Gasteiger partial charge in [-0.25, -0.2) is 4.98 Å². The monoisotopic (exact) mass is 290 g/mol. The van der Waals surface area contributed by atoms with Gasteiger partial charge in [-0.2, -0.15) is 0 Å². The molecule has 1 heterocycles. The minimum absolute atomic E-state index is 0.00927. The van der Waals surface area contributed by atoms with E-state index >= 15 is 0 Å². The van der Waals surface area contributed by atoms with Crippen molar-refractivity contribution >= 4 is 11.8 Å². The normalized spacial score (nSPS) is 10.6. The quantitative estimate of drug-likeness (QED) is 0.627. The molecule has 106 valence electrons. The Labute approximate surface area is 122 Å². The van der Waals surface area contributed by atoms with E-state index in [-0.39, 0.29) is 5.56 Å². The number of hydrogen-bond acceptors (Lipinski definition) is 4. The van der Waals surface area contributed by atoms with Crippen LogP contribution in [0.25, 0.3) is 0 Å². The minimum atomic E-state index is -0.00927. The number of aryl methyl sites for hydroxylation is 1. The van der Waals surface area contributed by atoms with Crippen LogP contribution in [0.4, 0.5) is 0 Å². The topological polar surface area (TPSA) is 44.1 Å². The minimum Gasteiger partial charge on any atom is -0.497 e. The van der Waals surface area contributed by atoms with E-state index in [0.717, 1.165) is 34.3 Å². The van der Waals surface area contributed by atoms with Crippen LogP contribution < -0.4 is 10.3 Å². The first-order valence-corrected chi connectivity index (χ1v) is 7.45. The third-order valence-electron chi connectivity index (χ3n) is 3.01. The molecule has 0 fully saturated rings. The second-order valence-corrected chi connectivity index (χ2v) is 5.36. The Balaban J connectivity index is 2.18. The first kappa shape index (κ1) is 14.7. The highest BCUT2D eigenvalue weighted by Crippen LogP contribution is 2.22. The van der Waals surface area contributed by atoms with Gasteiger partial charge in [0.15, 0.2) is 5.16 Å². The lowest BCUT2D eigenvalue weighted by atomic mass is 10.2. The van der Waals surface area contributed by atoms with Gasteiger partial charge < -0.3 is 4.74 Å². The van der Waals surface area contributed by atoms with E-state index in [1.807, 2.05) is 31.2 Å². The summed E-state index contributed by atoms with van der Waals surface area (Å²) in [7, 11) is 3.41. The smallest absolute Gasteiger partial charge is 0.254 e. The van der Waals surface area contributed by atoms with Gasteiger partial charge in [0.25, 0.3) is 5.56 Å². The highest BCUT2D eigenvalue weighted by atomic mass is 32.2. The molecule has 0 aliphatic rings. The molecule has 0 atom stereocenters. The number of nitrogens with zero attached hydrogens (tertiary/aromatic N) is 2. The third-order valence-corrected chi connectivity index (χ3v) is 4.11. The van der Waals surface area contributed by atoms with Gasteiger partial charge in [-0.1, -0.05) is 30.8 Å². The van der Waals surface area contributed by atoms with Crippen LogP contribution in [0.15, 0.2) is 40.3 Å². The first-order chi connectivity index (χ1) is 9.63. The summed E-state index contributed by atoms with van der Waals surface area (Å²) in [5.74, 6) is 1.59. The fourth-order valence-electron chi connectivity index (χ4n) is 1.78. The van der Waals surface area contributed by atoms with Gasteiger partial charge >= 0.3 is 0 Å². The van der Waals surface area contributed by atoms with Crippen molar-refractivity contribution in [3.8, 4) is 5.75 Å². The van der Waals surface area contributed by atoms with Gasteiger partial charge in [0, 0.05) is 24.6 Å². The molecule has 0 amide bonds. The van der Waals surface area contributed by atoms with E-state index in [9.17, 15) is 4.79 Å². The first-order valence-electron chi connectivity index (χ1n) is 6.46. The Kier molecular flexibility index (Phi) is 4.84. The number of aromatic nitrogens is 2. The molecule has 0 aliphatic heterocycles. The van der Waals surface area contributed by atoms with Crippen molar-refractivity contribution < 1.29 is 4.74 Å². The zero-order valence-corrected chi connectivity index (χ0v) is 12.7. The van der Waals surface area contributed by atoms with E-state index in [1.54, 1.807) is 36.6 Å². The summed E-state index contributed by atoms with van der Waals surface area (Å²) in [6, 6.07) is 9.51. The van der Waals surface area contributed by atoms with E-state index in [1.165, 1.54) is 0 Å². The standard InChI is InChI=1S/C15H18N2O2S/c1-4-12-9-14(18)17(2)15(16-12)20-10-11-6-5-7-13(8-11)19-3/h5-9H,4,10H2,1-3H3. The van der Waals surface area contributed by atoms with Crippen LogP contribution >= 0.6 is 11.8 Å². The molecule has 0 radical (unpaired) electrons. The Morgan fingerprint density at radius 1 is 1.35 bits per heavy atom. The van der Waals surface area contributed by atoms with Crippen molar-refractivity contribution in [3.63, 3.8) is 0 Å². The van der Waals surface area contributed by atoms with E-state index in [0.29, 0.717) is 0 Å². The number of ether oxygens (including phenoxy) is 1. The molecule has 1 aromatic heterocycles. The Morgan fingerprint density at radius 3 is 2.85 bits per heavy atom. The van der Waals surface area contributed by atoms with Crippen LogP contribution in [0.2, 0.25) is 0 Å². The number of benzene rings is 1. The maximum absolute atomic E-state index is 11.8. The number of methoxy groups -OCH3 is 1. The summed E-state index contributed by atoms with van der Waals surface area (Å²) < 4.78 is 6.79. The van der Waals surface area contributed by atoms with Gasteiger partial charge in [-0.3, -0.25) is 9.36 Å². The summed E-state index contributed by atoms with van der Waals surface area (Å²) in [5.41, 5.74) is 1.97. The van der Waals surface area contributed by atoms with Crippen LogP contribution in [0.3, 0.4) is 0 Å². The molecule has 0 saturated heterocycles. The molecular formula is C15H18N2O2S. The van der Waals surface area contributed by atoms with Crippen molar-refractivity contribution in [1.82, 2.24) is 9.55 Å². The van der Waals surface area contributed by atoms with Crippen molar-refractivity contribution in [3.05, 3.63) is 51.9 Å². The summed E-state index contributed by atoms with van der Waals surface area (Å²) in [4.78, 5) is 16.3. The van der Waals surface area contributed by atoms with Crippen LogP contribution in [0.5, 0.6) is 5.75 Å². The molecule has 2 rings (SSSR count). The van der Waals surface area contributed by atoms with Crippen LogP contribution in [-0.2, 0) is 19.2 Å². The average Bonchev–Trinajstić information content (AvgIpc) is 2.48. The van der Waals surface area contributed by atoms with Crippen LogP contribution in [0, 0.1) is 0 Å². The molecule has 2 aromatic rings. The van der Waals surface area contributed by atoms with E-state index < -0.39 is 0 Å². The fraction of sp³-hybridized carbons (Fsp3) is 0.333. The molecule has 5 heteroatoms. The van der Waals surface area contributed by atoms with E-state index in [4.69, 9.17) is 4.74 Å². The molecule has 1 aromatic carbocycles. The zero-order chi connectivity index (χ0) is 14.5. The molecule has 20 heavy (non-hydrogen) atoms. The van der Waals surface area contributed by atoms with Crippen LogP contribution in [0.1, 0.15) is 18.2 Å². The van der Waals surface area contributed by atoms with Gasteiger partial charge in [-0.15, -0.1) is 0 Å². The maximum Gasteiger partial charge on any atom is 0.254 e. The number of hydrogen-bond donors (Lipinski definition) is 0. The maximum atomic E-state index is 11.8. The van der Waals surface area contributed by atoms with Crippen LogP contribution in [-0.4, -0.2) is 16.7 Å². The summed E-state index contributed by atoms with van der Waals surface area (Å²) in [5, 5.41) is 0.747. The highest BCUT2D eigenvalue weighted by molar-refractivity contribution is 7.98. The summed E-state index contributed by atoms with van der Waals surface area (Å²) >= 11 is 1.56. The summed E-state index contributed by atoms with van der Waals surface area (Å²) in [6.45, 7) is 2.00. The SMILES string of the molecule is CCc1cc(=O)n(C)c(SCc2cccc(OC)c2)n1. The predicted molar refractivity (Wildman–Crippen MR) is 81.4 cm³/mol. The van der Waals surface area contributed by atoms with Crippen molar-refractivity contribution in [2.75, 3.05) is 7.11 Å². The van der Waals surface area contributed by atoms with Crippen molar-refractivity contribution in [1.29, 1.82) is 0 Å². The summed E-state index contributed by atoms with van der Waals surface area (Å²) in [6.07, 6.45) is 0.767. The lowest BCUT2D eigenvalue weighted by Crippen LogP contribution is -2.20. The molecule has 0 N–H and O–H groups in total. The lowest BCUT2D eigenvalue weighted by Gasteiger charge is -2.09. The second kappa shape index (κ2) is 6.61. The Morgan fingerprint density at radius 2 is 2.15 bits per heavy atom. The number of thioether (sulfide) groups is 1. The molecular weight excluding hydrogens is 272 g/mol. The van der Waals surface area contributed by atoms with Gasteiger partial charge in [0.2, 0.25) is 0 Å². The second-order valence-electron chi connectivity index (χ2n) is 4.42. The molecule has 0 saturated carbocycles. The van der Waals surface area contributed by atoms with Gasteiger partial charge in [0.05, 0.1) is 7.11 Å². The molecule has 0 bridgehead atoms. The van der Waals surface area contributed by atoms with Crippen molar-refractivity contribution in [2.24, 2.45) is 7.05 Å². The number of rotatable bonds is 5. The highest BCUT2D eigenvalue weighted by Gasteiger charge is 2.06. The molecule has 0 unspecified atom stereocenters. The lowest BCUT2D eigenvalue weighted by molar-refractivity contribution is 0.414. The Hall–Kier alpha value is -1.75. The van der Waals surface area contributed by atoms with Gasteiger partial charge in [-0.05, 0) is 24.1 Å². The molecule has 0 spiro atoms.